The maximum atomic E-state index is 13.3. The molecular formula is C17H16BrFO. The van der Waals surface area contributed by atoms with Crippen LogP contribution in [-0.2, 0) is 6.61 Å². The van der Waals surface area contributed by atoms with E-state index >= 15 is 0 Å². The highest BCUT2D eigenvalue weighted by atomic mass is 79.9. The van der Waals surface area contributed by atoms with Crippen molar-refractivity contribution in [2.75, 3.05) is 0 Å². The van der Waals surface area contributed by atoms with E-state index in [0.717, 1.165) is 16.9 Å². The largest absolute Gasteiger partial charge is 0.489 e. The van der Waals surface area contributed by atoms with Gasteiger partial charge < -0.3 is 4.74 Å². The van der Waals surface area contributed by atoms with Gasteiger partial charge in [0.1, 0.15) is 12.4 Å². The minimum absolute atomic E-state index is 0.307. The topological polar surface area (TPSA) is 9.23 Å². The van der Waals surface area contributed by atoms with E-state index in [9.17, 15) is 4.39 Å². The molecule has 0 spiro atoms. The Morgan fingerprint density at radius 3 is 2.25 bits per heavy atom. The summed E-state index contributed by atoms with van der Waals surface area (Å²) in [5, 5.41) is 0. The Bertz CT molecular complexity index is 572. The van der Waals surface area contributed by atoms with E-state index in [1.54, 1.807) is 0 Å². The zero-order valence-corrected chi connectivity index (χ0v) is 12.9. The molecule has 0 aliphatic heterocycles. The van der Waals surface area contributed by atoms with Crippen molar-refractivity contribution < 1.29 is 9.13 Å². The van der Waals surface area contributed by atoms with E-state index in [1.807, 2.05) is 61.5 Å². The molecule has 0 fully saturated rings. The molecule has 0 unspecified atom stereocenters. The van der Waals surface area contributed by atoms with Gasteiger partial charge >= 0.3 is 0 Å². The summed E-state index contributed by atoms with van der Waals surface area (Å²) in [4.78, 5) is 0. The Labute approximate surface area is 127 Å². The Balaban J connectivity index is 2.04. The average molecular weight is 335 g/mol. The lowest BCUT2D eigenvalue weighted by atomic mass is 10.1. The Kier molecular flexibility index (Phi) is 5.36. The fraction of sp³-hybridized carbons (Fsp3) is 0.176. The van der Waals surface area contributed by atoms with Gasteiger partial charge in [-0.25, -0.2) is 0 Å². The first-order chi connectivity index (χ1) is 9.70. The molecule has 20 heavy (non-hydrogen) atoms. The summed E-state index contributed by atoms with van der Waals surface area (Å²) in [5.41, 5.74) is 2.66. The molecule has 2 aromatic carbocycles. The fourth-order valence-corrected chi connectivity index (χ4v) is 2.45. The van der Waals surface area contributed by atoms with Crippen LogP contribution in [0.1, 0.15) is 24.5 Å². The Morgan fingerprint density at radius 1 is 1.05 bits per heavy atom. The quantitative estimate of drug-likeness (QED) is 0.680. The van der Waals surface area contributed by atoms with Crippen LogP contribution in [0.15, 0.2) is 59.3 Å². The maximum absolute atomic E-state index is 13.3. The predicted octanol–water partition coefficient (Wildman–Crippen LogP) is 5.71. The lowest BCUT2D eigenvalue weighted by molar-refractivity contribution is 0.306. The van der Waals surface area contributed by atoms with Gasteiger partial charge in [-0.05, 0) is 45.6 Å². The Morgan fingerprint density at radius 2 is 1.70 bits per heavy atom. The molecule has 0 atom stereocenters. The number of hydrogen-bond acceptors (Lipinski definition) is 1. The van der Waals surface area contributed by atoms with Crippen LogP contribution in [0.4, 0.5) is 4.39 Å². The molecule has 0 saturated carbocycles. The van der Waals surface area contributed by atoms with Crippen LogP contribution in [0.25, 0.3) is 5.57 Å². The molecule has 2 rings (SSSR count). The zero-order valence-electron chi connectivity index (χ0n) is 11.3. The van der Waals surface area contributed by atoms with Crippen molar-refractivity contribution in [3.8, 4) is 5.75 Å². The van der Waals surface area contributed by atoms with E-state index < -0.39 is 0 Å². The van der Waals surface area contributed by atoms with Crippen LogP contribution >= 0.6 is 15.9 Å². The summed E-state index contributed by atoms with van der Waals surface area (Å²) in [6.45, 7) is 2.46. The lowest BCUT2D eigenvalue weighted by Gasteiger charge is -2.08. The second kappa shape index (κ2) is 7.25. The van der Waals surface area contributed by atoms with E-state index in [4.69, 9.17) is 4.74 Å². The third-order valence-electron chi connectivity index (χ3n) is 3.03. The summed E-state index contributed by atoms with van der Waals surface area (Å²) < 4.78 is 18.7. The van der Waals surface area contributed by atoms with Gasteiger partial charge in [-0.3, -0.25) is 0 Å². The number of allylic oxidation sites excluding steroid dienone is 1. The van der Waals surface area contributed by atoms with Crippen LogP contribution in [0.3, 0.4) is 0 Å². The molecule has 1 nitrogen and oxygen atoms in total. The third-order valence-corrected chi connectivity index (χ3v) is 3.51. The van der Waals surface area contributed by atoms with E-state index in [0.29, 0.717) is 18.6 Å². The van der Waals surface area contributed by atoms with E-state index in [-0.39, 0.29) is 4.74 Å². The Hall–Kier alpha value is -1.61. The highest BCUT2D eigenvalue weighted by Gasteiger charge is 2.05. The summed E-state index contributed by atoms with van der Waals surface area (Å²) in [7, 11) is 0. The molecule has 3 heteroatoms. The SMILES string of the molecule is CCC(=C(F)Br)c1ccc(OCc2ccccc2)cc1. The maximum Gasteiger partial charge on any atom is 0.169 e. The van der Waals surface area contributed by atoms with Crippen LogP contribution in [0.2, 0.25) is 0 Å². The minimum Gasteiger partial charge on any atom is -0.489 e. The van der Waals surface area contributed by atoms with Crippen LogP contribution in [0.5, 0.6) is 5.75 Å². The van der Waals surface area contributed by atoms with Crippen molar-refractivity contribution in [1.82, 2.24) is 0 Å². The minimum atomic E-state index is -0.307. The van der Waals surface area contributed by atoms with Gasteiger partial charge in [0.25, 0.3) is 0 Å². The predicted molar refractivity (Wildman–Crippen MR) is 84.5 cm³/mol. The summed E-state index contributed by atoms with van der Waals surface area (Å²) >= 11 is 2.90. The molecule has 104 valence electrons. The monoisotopic (exact) mass is 334 g/mol. The van der Waals surface area contributed by atoms with Gasteiger partial charge in [-0.2, -0.15) is 4.39 Å². The van der Waals surface area contributed by atoms with Crippen LogP contribution in [0, 0.1) is 0 Å². The average Bonchev–Trinajstić information content (AvgIpc) is 2.48. The van der Waals surface area contributed by atoms with E-state index in [2.05, 4.69) is 15.9 Å². The molecule has 0 saturated heterocycles. The smallest absolute Gasteiger partial charge is 0.169 e. The van der Waals surface area contributed by atoms with Gasteiger partial charge in [0, 0.05) is 5.57 Å². The molecule has 0 amide bonds. The van der Waals surface area contributed by atoms with Crippen molar-refractivity contribution in [3.05, 3.63) is 70.5 Å². The number of ether oxygens (including phenoxy) is 1. The van der Waals surface area contributed by atoms with Crippen molar-refractivity contribution in [2.45, 2.75) is 20.0 Å². The fourth-order valence-electron chi connectivity index (χ4n) is 1.94. The second-order valence-electron chi connectivity index (χ2n) is 4.39. The molecule has 0 bridgehead atoms. The molecule has 0 N–H and O–H groups in total. The summed E-state index contributed by atoms with van der Waals surface area (Å²) in [6.07, 6.45) is 0.640. The molecule has 2 aromatic rings. The van der Waals surface area contributed by atoms with Gasteiger partial charge in [0.2, 0.25) is 0 Å². The lowest BCUT2D eigenvalue weighted by Crippen LogP contribution is -1.95. The van der Waals surface area contributed by atoms with Crippen molar-refractivity contribution >= 4 is 21.5 Å². The third kappa shape index (κ3) is 3.94. The van der Waals surface area contributed by atoms with Gasteiger partial charge in [-0.1, -0.05) is 49.4 Å². The first kappa shape index (κ1) is 14.8. The standard InChI is InChI=1S/C17H16BrFO/c1-2-16(17(18)19)14-8-10-15(11-9-14)20-12-13-6-4-3-5-7-13/h3-11H,2,12H2,1H3. The molecular weight excluding hydrogens is 319 g/mol. The first-order valence-electron chi connectivity index (χ1n) is 6.52. The molecule has 0 radical (unpaired) electrons. The highest BCUT2D eigenvalue weighted by molar-refractivity contribution is 9.11. The van der Waals surface area contributed by atoms with Gasteiger partial charge in [-0.15, -0.1) is 0 Å². The zero-order chi connectivity index (χ0) is 14.4. The van der Waals surface area contributed by atoms with Crippen molar-refractivity contribution in [3.63, 3.8) is 0 Å². The van der Waals surface area contributed by atoms with Crippen LogP contribution in [-0.4, -0.2) is 0 Å². The first-order valence-corrected chi connectivity index (χ1v) is 7.31. The molecule has 0 aliphatic carbocycles. The number of rotatable bonds is 5. The molecule has 0 aliphatic rings. The summed E-state index contributed by atoms with van der Waals surface area (Å²) in [5.74, 6) is 0.781. The molecule has 0 heterocycles. The van der Waals surface area contributed by atoms with E-state index in [1.165, 1.54) is 0 Å². The van der Waals surface area contributed by atoms with Crippen molar-refractivity contribution in [2.24, 2.45) is 0 Å². The number of hydrogen-bond donors (Lipinski definition) is 0. The van der Waals surface area contributed by atoms with Crippen LogP contribution < -0.4 is 4.74 Å². The number of halogens is 2. The second-order valence-corrected chi connectivity index (χ2v) is 5.09. The summed E-state index contributed by atoms with van der Waals surface area (Å²) in [6, 6.07) is 17.5. The number of benzene rings is 2. The van der Waals surface area contributed by atoms with Gasteiger partial charge in [0.05, 0.1) is 0 Å². The normalized spacial score (nSPS) is 11.9. The molecule has 0 aromatic heterocycles. The van der Waals surface area contributed by atoms with Gasteiger partial charge in [0.15, 0.2) is 4.74 Å². The van der Waals surface area contributed by atoms with Crippen molar-refractivity contribution in [1.29, 1.82) is 0 Å². The highest BCUT2D eigenvalue weighted by Crippen LogP contribution is 2.28.